The molecule has 1 aromatic heterocycles. The smallest absolute Gasteiger partial charge is 0.235 e. The van der Waals surface area contributed by atoms with E-state index in [1.165, 1.54) is 11.8 Å². The van der Waals surface area contributed by atoms with E-state index in [1.54, 1.807) is 18.2 Å². The van der Waals surface area contributed by atoms with E-state index in [2.05, 4.69) is 20.8 Å². The van der Waals surface area contributed by atoms with Crippen LogP contribution in [0.2, 0.25) is 0 Å². The van der Waals surface area contributed by atoms with Gasteiger partial charge >= 0.3 is 0 Å². The topological polar surface area (TPSA) is 72.5 Å². The zero-order valence-corrected chi connectivity index (χ0v) is 14.9. The number of hydrogen-bond donors (Lipinski definition) is 0. The van der Waals surface area contributed by atoms with Gasteiger partial charge in [-0.15, -0.1) is 0 Å². The maximum absolute atomic E-state index is 12.6. The molecule has 0 fully saturated rings. The molecule has 0 aliphatic heterocycles. The maximum Gasteiger partial charge on any atom is 0.235 e. The third kappa shape index (κ3) is 3.70. The van der Waals surface area contributed by atoms with E-state index in [9.17, 15) is 4.79 Å². The number of hydrogen-bond acceptors (Lipinski definition) is 5. The van der Waals surface area contributed by atoms with Gasteiger partial charge in [-0.3, -0.25) is 4.79 Å². The monoisotopic (exact) mass is 349 g/mol. The highest BCUT2D eigenvalue weighted by Gasteiger charge is 2.14. The molecule has 0 radical (unpaired) electrons. The zero-order chi connectivity index (χ0) is 18.7. The first-order valence-corrected chi connectivity index (χ1v) is 8.22. The summed E-state index contributed by atoms with van der Waals surface area (Å²) in [6.07, 6.45) is 1.29. The highest BCUT2D eigenvalue weighted by atomic mass is 16.5. The standard InChI is InChI=1S/C21H19NO4/c1-21(2,3)14-4-6-15(7-5-14)26-19-13-25-18-12-16(24-11-10-22)8-9-17(18)20(19)23/h4-9,12-13H,11H2,1-3H3. The van der Waals surface area contributed by atoms with Gasteiger partial charge in [0.15, 0.2) is 6.61 Å². The summed E-state index contributed by atoms with van der Waals surface area (Å²) < 4.78 is 16.4. The fourth-order valence-corrected chi connectivity index (χ4v) is 2.52. The molecule has 5 heteroatoms. The summed E-state index contributed by atoms with van der Waals surface area (Å²) in [6.45, 7) is 6.34. The number of benzene rings is 2. The van der Waals surface area contributed by atoms with Crippen LogP contribution in [0.15, 0.2) is 57.9 Å². The van der Waals surface area contributed by atoms with Crippen LogP contribution in [0.1, 0.15) is 26.3 Å². The van der Waals surface area contributed by atoms with Crippen LogP contribution in [-0.4, -0.2) is 6.61 Å². The van der Waals surface area contributed by atoms with Gasteiger partial charge in [-0.05, 0) is 35.2 Å². The lowest BCUT2D eigenvalue weighted by molar-refractivity contribution is 0.367. The van der Waals surface area contributed by atoms with E-state index >= 15 is 0 Å². The van der Waals surface area contributed by atoms with Crippen LogP contribution in [0.4, 0.5) is 0 Å². The number of nitriles is 1. The molecule has 3 aromatic rings. The molecule has 0 N–H and O–H groups in total. The second-order valence-electron chi connectivity index (χ2n) is 6.91. The van der Waals surface area contributed by atoms with Gasteiger partial charge in [-0.25, -0.2) is 0 Å². The van der Waals surface area contributed by atoms with E-state index < -0.39 is 0 Å². The molecular formula is C21H19NO4. The minimum atomic E-state index is -0.266. The quantitative estimate of drug-likeness (QED) is 0.677. The molecule has 0 aliphatic carbocycles. The number of ether oxygens (including phenoxy) is 2. The van der Waals surface area contributed by atoms with Crippen LogP contribution in [0, 0.1) is 11.3 Å². The molecule has 0 atom stereocenters. The van der Waals surface area contributed by atoms with Crippen molar-refractivity contribution in [3.63, 3.8) is 0 Å². The molecule has 132 valence electrons. The number of nitrogens with zero attached hydrogens (tertiary/aromatic N) is 1. The van der Waals surface area contributed by atoms with E-state index in [4.69, 9.17) is 19.2 Å². The number of rotatable bonds is 4. The number of fused-ring (bicyclic) bond motifs is 1. The molecule has 0 saturated heterocycles. The minimum Gasteiger partial charge on any atom is -0.479 e. The lowest BCUT2D eigenvalue weighted by atomic mass is 9.87. The molecule has 0 amide bonds. The van der Waals surface area contributed by atoms with Crippen LogP contribution >= 0.6 is 0 Å². The molecule has 0 saturated carbocycles. The van der Waals surface area contributed by atoms with Gasteiger partial charge in [0.2, 0.25) is 11.2 Å². The third-order valence-electron chi connectivity index (χ3n) is 3.97. The Bertz CT molecular complexity index is 1020. The minimum absolute atomic E-state index is 0.0475. The predicted molar refractivity (Wildman–Crippen MR) is 98.8 cm³/mol. The molecule has 0 aliphatic rings. The SMILES string of the molecule is CC(C)(C)c1ccc(Oc2coc3cc(OCC#N)ccc3c2=O)cc1. The lowest BCUT2D eigenvalue weighted by Crippen LogP contribution is -2.10. The van der Waals surface area contributed by atoms with Crippen LogP contribution in [-0.2, 0) is 5.41 Å². The van der Waals surface area contributed by atoms with E-state index in [-0.39, 0.29) is 23.2 Å². The molecule has 2 aromatic carbocycles. The molecule has 1 heterocycles. The molecule has 0 unspecified atom stereocenters. The predicted octanol–water partition coefficient (Wildman–Crippen LogP) is 4.79. The maximum atomic E-state index is 12.6. The van der Waals surface area contributed by atoms with Crippen LogP contribution in [0.5, 0.6) is 17.2 Å². The van der Waals surface area contributed by atoms with Gasteiger partial charge < -0.3 is 13.9 Å². The van der Waals surface area contributed by atoms with Crippen molar-refractivity contribution in [2.75, 3.05) is 6.61 Å². The molecule has 5 nitrogen and oxygen atoms in total. The van der Waals surface area contributed by atoms with Gasteiger partial charge in [-0.2, -0.15) is 5.26 Å². The van der Waals surface area contributed by atoms with Crippen molar-refractivity contribution in [2.24, 2.45) is 0 Å². The Kier molecular flexibility index (Phi) is 4.68. The normalized spacial score (nSPS) is 11.2. The Morgan fingerprint density at radius 3 is 2.42 bits per heavy atom. The highest BCUT2D eigenvalue weighted by Crippen LogP contribution is 2.27. The van der Waals surface area contributed by atoms with Crippen LogP contribution in [0.25, 0.3) is 11.0 Å². The summed E-state index contributed by atoms with van der Waals surface area (Å²) >= 11 is 0. The van der Waals surface area contributed by atoms with Crippen molar-refractivity contribution in [2.45, 2.75) is 26.2 Å². The summed E-state index contributed by atoms with van der Waals surface area (Å²) in [5.41, 5.74) is 1.34. The molecule has 0 bridgehead atoms. The van der Waals surface area contributed by atoms with Gasteiger partial charge in [0.25, 0.3) is 0 Å². The van der Waals surface area contributed by atoms with Crippen molar-refractivity contribution >= 4 is 11.0 Å². The Balaban J connectivity index is 1.88. The second-order valence-corrected chi connectivity index (χ2v) is 6.91. The second kappa shape index (κ2) is 6.93. The Hall–Kier alpha value is -3.26. The first-order valence-electron chi connectivity index (χ1n) is 8.22. The fraction of sp³-hybridized carbons (Fsp3) is 0.238. The van der Waals surface area contributed by atoms with Crippen LogP contribution in [0.3, 0.4) is 0 Å². The Morgan fingerprint density at radius 2 is 1.77 bits per heavy atom. The van der Waals surface area contributed by atoms with Crippen LogP contribution < -0.4 is 14.9 Å². The summed E-state index contributed by atoms with van der Waals surface area (Å²) in [7, 11) is 0. The molecule has 0 spiro atoms. The molecular weight excluding hydrogens is 330 g/mol. The van der Waals surface area contributed by atoms with E-state index in [0.717, 1.165) is 0 Å². The van der Waals surface area contributed by atoms with Crippen molar-refractivity contribution in [3.05, 3.63) is 64.5 Å². The highest BCUT2D eigenvalue weighted by molar-refractivity contribution is 5.79. The van der Waals surface area contributed by atoms with Crippen molar-refractivity contribution < 1.29 is 13.9 Å². The zero-order valence-electron chi connectivity index (χ0n) is 14.9. The summed E-state index contributed by atoms with van der Waals surface area (Å²) in [6, 6.07) is 14.3. The van der Waals surface area contributed by atoms with Crippen molar-refractivity contribution in [3.8, 4) is 23.3 Å². The Labute approximate surface area is 151 Å². The van der Waals surface area contributed by atoms with Gasteiger partial charge in [-0.1, -0.05) is 32.9 Å². The largest absolute Gasteiger partial charge is 0.479 e. The van der Waals surface area contributed by atoms with E-state index in [0.29, 0.717) is 22.5 Å². The third-order valence-corrected chi connectivity index (χ3v) is 3.97. The average Bonchev–Trinajstić information content (AvgIpc) is 2.62. The summed E-state index contributed by atoms with van der Waals surface area (Å²) in [5, 5.41) is 8.95. The lowest BCUT2D eigenvalue weighted by Gasteiger charge is -2.19. The van der Waals surface area contributed by atoms with Crippen molar-refractivity contribution in [1.29, 1.82) is 5.26 Å². The average molecular weight is 349 g/mol. The van der Waals surface area contributed by atoms with Gasteiger partial charge in [0, 0.05) is 6.07 Å². The first kappa shape index (κ1) is 17.6. The Morgan fingerprint density at radius 1 is 1.08 bits per heavy atom. The summed E-state index contributed by atoms with van der Waals surface area (Å²) in [5.74, 6) is 1.15. The fourth-order valence-electron chi connectivity index (χ4n) is 2.52. The van der Waals surface area contributed by atoms with Gasteiger partial charge in [0.05, 0.1) is 5.39 Å². The van der Waals surface area contributed by atoms with E-state index in [1.807, 2.05) is 30.3 Å². The molecule has 26 heavy (non-hydrogen) atoms. The summed E-state index contributed by atoms with van der Waals surface area (Å²) in [4.78, 5) is 12.6. The van der Waals surface area contributed by atoms with Gasteiger partial charge in [0.1, 0.15) is 29.4 Å². The molecule has 3 rings (SSSR count). The van der Waals surface area contributed by atoms with Crippen molar-refractivity contribution in [1.82, 2.24) is 0 Å². The first-order chi connectivity index (χ1) is 12.4.